The second-order valence-corrected chi connectivity index (χ2v) is 6.97. The van der Waals surface area contributed by atoms with Gasteiger partial charge in [0.05, 0.1) is 5.75 Å². The fourth-order valence-corrected chi connectivity index (χ4v) is 4.29. The summed E-state index contributed by atoms with van der Waals surface area (Å²) in [6.45, 7) is 0.602. The minimum absolute atomic E-state index is 0.0597. The standard InChI is InChI=1S/C14H16N4O2S2/c15-12(20)10-3-1-2-5-18(10)11(19)7-22-14-9-4-6-21-13(9)16-8-17-14/h4,6,8,10H,1-3,5,7H2,(H2,15,20)/t10-/m0/s1. The van der Waals surface area contributed by atoms with Crippen molar-refractivity contribution in [1.82, 2.24) is 14.9 Å². The van der Waals surface area contributed by atoms with Crippen molar-refractivity contribution in [3.8, 4) is 0 Å². The van der Waals surface area contributed by atoms with Gasteiger partial charge in [-0.2, -0.15) is 0 Å². The van der Waals surface area contributed by atoms with Crippen LogP contribution in [0.4, 0.5) is 0 Å². The van der Waals surface area contributed by atoms with E-state index in [2.05, 4.69) is 9.97 Å². The number of likely N-dealkylation sites (tertiary alicyclic amines) is 1. The maximum Gasteiger partial charge on any atom is 0.240 e. The summed E-state index contributed by atoms with van der Waals surface area (Å²) in [5, 5.41) is 3.72. The van der Waals surface area contributed by atoms with Crippen LogP contribution in [0.5, 0.6) is 0 Å². The van der Waals surface area contributed by atoms with Gasteiger partial charge in [-0.15, -0.1) is 11.3 Å². The number of fused-ring (bicyclic) bond motifs is 1. The van der Waals surface area contributed by atoms with E-state index in [-0.39, 0.29) is 11.7 Å². The van der Waals surface area contributed by atoms with E-state index in [0.29, 0.717) is 13.0 Å². The van der Waals surface area contributed by atoms with Gasteiger partial charge in [-0.25, -0.2) is 9.97 Å². The van der Waals surface area contributed by atoms with Gasteiger partial charge in [-0.3, -0.25) is 9.59 Å². The molecule has 2 aromatic heterocycles. The highest BCUT2D eigenvalue weighted by molar-refractivity contribution is 8.00. The van der Waals surface area contributed by atoms with Crippen LogP contribution in [0.1, 0.15) is 19.3 Å². The van der Waals surface area contributed by atoms with E-state index in [1.165, 1.54) is 18.1 Å². The third-order valence-electron chi connectivity index (χ3n) is 3.71. The number of hydrogen-bond acceptors (Lipinski definition) is 6. The van der Waals surface area contributed by atoms with Gasteiger partial charge >= 0.3 is 0 Å². The number of aromatic nitrogens is 2. The number of thioether (sulfide) groups is 1. The molecule has 0 radical (unpaired) electrons. The Kier molecular flexibility index (Phi) is 4.58. The molecule has 1 atom stereocenters. The molecule has 0 aromatic carbocycles. The highest BCUT2D eigenvalue weighted by atomic mass is 32.2. The Hall–Kier alpha value is -1.67. The summed E-state index contributed by atoms with van der Waals surface area (Å²) in [6, 6.07) is 1.49. The number of nitrogens with zero attached hydrogens (tertiary/aromatic N) is 3. The van der Waals surface area contributed by atoms with Crippen LogP contribution < -0.4 is 5.73 Å². The summed E-state index contributed by atoms with van der Waals surface area (Å²) in [6.07, 6.45) is 4.03. The minimum Gasteiger partial charge on any atom is -0.368 e. The third-order valence-corrected chi connectivity index (χ3v) is 5.52. The number of hydrogen-bond donors (Lipinski definition) is 1. The highest BCUT2D eigenvalue weighted by Gasteiger charge is 2.30. The van der Waals surface area contributed by atoms with Crippen molar-refractivity contribution in [2.45, 2.75) is 30.3 Å². The van der Waals surface area contributed by atoms with E-state index >= 15 is 0 Å². The molecule has 0 unspecified atom stereocenters. The highest BCUT2D eigenvalue weighted by Crippen LogP contribution is 2.28. The summed E-state index contributed by atoms with van der Waals surface area (Å²) in [4.78, 5) is 34.9. The van der Waals surface area contributed by atoms with Crippen molar-refractivity contribution in [2.24, 2.45) is 5.73 Å². The van der Waals surface area contributed by atoms with Gasteiger partial charge in [-0.05, 0) is 30.7 Å². The second kappa shape index (κ2) is 6.62. The lowest BCUT2D eigenvalue weighted by molar-refractivity contribution is -0.138. The van der Waals surface area contributed by atoms with Crippen molar-refractivity contribution >= 4 is 45.1 Å². The summed E-state index contributed by atoms with van der Waals surface area (Å²) in [5.41, 5.74) is 5.40. The van der Waals surface area contributed by atoms with E-state index in [1.807, 2.05) is 11.4 Å². The molecule has 116 valence electrons. The molecule has 3 heterocycles. The van der Waals surface area contributed by atoms with Crippen LogP contribution in [0.25, 0.3) is 10.2 Å². The summed E-state index contributed by atoms with van der Waals surface area (Å²) >= 11 is 2.93. The van der Waals surface area contributed by atoms with E-state index in [1.54, 1.807) is 16.2 Å². The van der Waals surface area contributed by atoms with Crippen molar-refractivity contribution in [1.29, 1.82) is 0 Å². The number of thiophene rings is 1. The fourth-order valence-electron chi connectivity index (χ4n) is 2.62. The van der Waals surface area contributed by atoms with Gasteiger partial charge in [0.25, 0.3) is 0 Å². The van der Waals surface area contributed by atoms with E-state index in [4.69, 9.17) is 5.73 Å². The number of amides is 2. The zero-order valence-corrected chi connectivity index (χ0v) is 13.5. The fraction of sp³-hybridized carbons (Fsp3) is 0.429. The Morgan fingerprint density at radius 1 is 1.41 bits per heavy atom. The normalized spacial score (nSPS) is 18.5. The summed E-state index contributed by atoms with van der Waals surface area (Å²) in [5.74, 6) is -0.220. The van der Waals surface area contributed by atoms with Gasteiger partial charge in [-0.1, -0.05) is 11.8 Å². The van der Waals surface area contributed by atoms with Gasteiger partial charge in [0, 0.05) is 11.9 Å². The largest absolute Gasteiger partial charge is 0.368 e. The van der Waals surface area contributed by atoms with Crippen LogP contribution in [0, 0.1) is 0 Å². The monoisotopic (exact) mass is 336 g/mol. The molecule has 3 rings (SSSR count). The number of carbonyl (C=O) groups is 2. The molecule has 6 nitrogen and oxygen atoms in total. The van der Waals surface area contributed by atoms with Gasteiger partial charge in [0.1, 0.15) is 22.2 Å². The topological polar surface area (TPSA) is 89.2 Å². The molecule has 2 N–H and O–H groups in total. The lowest BCUT2D eigenvalue weighted by atomic mass is 10.0. The zero-order valence-electron chi connectivity index (χ0n) is 11.9. The molecule has 0 spiro atoms. The van der Waals surface area contributed by atoms with Crippen LogP contribution in [0.3, 0.4) is 0 Å². The third kappa shape index (κ3) is 3.07. The van der Waals surface area contributed by atoms with Crippen molar-refractivity contribution in [2.75, 3.05) is 12.3 Å². The molecule has 8 heteroatoms. The number of nitrogens with two attached hydrogens (primary N) is 1. The first-order valence-electron chi connectivity index (χ1n) is 7.06. The molecule has 0 bridgehead atoms. The molecule has 0 saturated carbocycles. The Balaban J connectivity index is 1.69. The van der Waals surface area contributed by atoms with Crippen molar-refractivity contribution in [3.05, 3.63) is 17.8 Å². The molecular formula is C14H16N4O2S2. The average molecular weight is 336 g/mol. The number of rotatable bonds is 4. The van der Waals surface area contributed by atoms with Crippen LogP contribution in [0.15, 0.2) is 22.8 Å². The zero-order chi connectivity index (χ0) is 15.5. The van der Waals surface area contributed by atoms with Gasteiger partial charge in [0.2, 0.25) is 11.8 Å². The van der Waals surface area contributed by atoms with E-state index < -0.39 is 11.9 Å². The first-order valence-corrected chi connectivity index (χ1v) is 8.93. The molecule has 1 saturated heterocycles. The summed E-state index contributed by atoms with van der Waals surface area (Å²) < 4.78 is 0. The maximum absolute atomic E-state index is 12.4. The first kappa shape index (κ1) is 15.2. The molecule has 0 aliphatic carbocycles. The maximum atomic E-state index is 12.4. The molecular weight excluding hydrogens is 320 g/mol. The molecule has 2 amide bonds. The van der Waals surface area contributed by atoms with Gasteiger partial charge in [0.15, 0.2) is 0 Å². The van der Waals surface area contributed by atoms with Crippen molar-refractivity contribution < 1.29 is 9.59 Å². The quantitative estimate of drug-likeness (QED) is 0.677. The molecule has 22 heavy (non-hydrogen) atoms. The Bertz CT molecular complexity index is 703. The predicted octanol–water partition coefficient (Wildman–Crippen LogP) is 1.65. The first-order chi connectivity index (χ1) is 10.7. The number of piperidine rings is 1. The summed E-state index contributed by atoms with van der Waals surface area (Å²) in [7, 11) is 0. The second-order valence-electron chi connectivity index (χ2n) is 5.11. The smallest absolute Gasteiger partial charge is 0.240 e. The van der Waals surface area contributed by atoms with E-state index in [9.17, 15) is 9.59 Å². The molecule has 1 fully saturated rings. The lowest BCUT2D eigenvalue weighted by Crippen LogP contribution is -2.51. The van der Waals surface area contributed by atoms with Crippen LogP contribution >= 0.6 is 23.1 Å². The Morgan fingerprint density at radius 2 is 2.27 bits per heavy atom. The molecule has 2 aromatic rings. The predicted molar refractivity (Wildman–Crippen MR) is 86.7 cm³/mol. The lowest BCUT2D eigenvalue weighted by Gasteiger charge is -2.33. The van der Waals surface area contributed by atoms with Crippen molar-refractivity contribution in [3.63, 3.8) is 0 Å². The SMILES string of the molecule is NC(=O)[C@@H]1CCCCN1C(=O)CSc1ncnc2sccc12. The molecule has 1 aliphatic rings. The van der Waals surface area contributed by atoms with Crippen LogP contribution in [0.2, 0.25) is 0 Å². The number of carbonyl (C=O) groups excluding carboxylic acids is 2. The van der Waals surface area contributed by atoms with E-state index in [0.717, 1.165) is 28.1 Å². The average Bonchev–Trinajstić information content (AvgIpc) is 3.01. The number of primary amides is 1. The molecule has 1 aliphatic heterocycles. The Labute approximate surface area is 136 Å². The Morgan fingerprint density at radius 3 is 3.09 bits per heavy atom. The van der Waals surface area contributed by atoms with Crippen LogP contribution in [-0.4, -0.2) is 45.0 Å². The van der Waals surface area contributed by atoms with Gasteiger partial charge < -0.3 is 10.6 Å². The van der Waals surface area contributed by atoms with Crippen LogP contribution in [-0.2, 0) is 9.59 Å². The minimum atomic E-state index is -0.464.